The smallest absolute Gasteiger partial charge is 0.317 e. The van der Waals surface area contributed by atoms with Crippen molar-refractivity contribution >= 4 is 17.9 Å². The van der Waals surface area contributed by atoms with Gasteiger partial charge < -0.3 is 25.7 Å². The average molecular weight is 406 g/mol. The van der Waals surface area contributed by atoms with Gasteiger partial charge in [-0.05, 0) is 13.8 Å². The molecule has 28 heavy (non-hydrogen) atoms. The van der Waals surface area contributed by atoms with Gasteiger partial charge in [-0.2, -0.15) is 0 Å². The Bertz CT molecular complexity index is 444. The lowest BCUT2D eigenvalue weighted by atomic mass is 10.3. The van der Waals surface area contributed by atoms with E-state index < -0.39 is 17.9 Å². The predicted molar refractivity (Wildman–Crippen MR) is 102 cm³/mol. The Morgan fingerprint density at radius 1 is 0.714 bits per heavy atom. The van der Waals surface area contributed by atoms with Crippen molar-refractivity contribution in [2.24, 2.45) is 0 Å². The summed E-state index contributed by atoms with van der Waals surface area (Å²) in [4.78, 5) is 38.1. The molecule has 1 aliphatic heterocycles. The molecule has 1 heterocycles. The Labute approximate surface area is 165 Å². The molecule has 0 aromatic carbocycles. The standard InChI is InChI=1S/C14H26N4O6.C3H8O/c19-12(20)9-16-3-1-15-2-4-17(10-13(21)22)6-8-18(7-5-16)11-14(23)24;1-3(2)4/h15H,1-11H2,(H,19,20)(H,21,22)(H,23,24);3-4H,1-2H3. The summed E-state index contributed by atoms with van der Waals surface area (Å²) in [6.45, 7) is 7.08. The van der Waals surface area contributed by atoms with E-state index in [0.717, 1.165) is 0 Å². The Hall–Kier alpha value is -1.79. The minimum atomic E-state index is -0.960. The van der Waals surface area contributed by atoms with Gasteiger partial charge in [-0.25, -0.2) is 0 Å². The Morgan fingerprint density at radius 3 is 1.21 bits per heavy atom. The van der Waals surface area contributed by atoms with Crippen molar-refractivity contribution in [3.63, 3.8) is 0 Å². The van der Waals surface area contributed by atoms with E-state index in [1.165, 1.54) is 0 Å². The van der Waals surface area contributed by atoms with Gasteiger partial charge in [0.05, 0.1) is 19.6 Å². The van der Waals surface area contributed by atoms with E-state index in [0.29, 0.717) is 52.4 Å². The van der Waals surface area contributed by atoms with Crippen LogP contribution in [0, 0.1) is 0 Å². The highest BCUT2D eigenvalue weighted by Crippen LogP contribution is 1.97. The quantitative estimate of drug-likeness (QED) is 0.337. The Kier molecular flexibility index (Phi) is 14.2. The van der Waals surface area contributed by atoms with Gasteiger partial charge in [-0.15, -0.1) is 0 Å². The molecule has 11 nitrogen and oxygen atoms in total. The summed E-state index contributed by atoms with van der Waals surface area (Å²) >= 11 is 0. The summed E-state index contributed by atoms with van der Waals surface area (Å²) in [5, 5.41) is 38.1. The highest BCUT2D eigenvalue weighted by molar-refractivity contribution is 5.69. The van der Waals surface area contributed by atoms with Gasteiger partial charge >= 0.3 is 17.9 Å². The van der Waals surface area contributed by atoms with Crippen LogP contribution >= 0.6 is 0 Å². The van der Waals surface area contributed by atoms with Crippen LogP contribution in [0.5, 0.6) is 0 Å². The second-order valence-electron chi connectivity index (χ2n) is 6.85. The molecule has 0 saturated carbocycles. The van der Waals surface area contributed by atoms with E-state index in [1.54, 1.807) is 28.5 Å². The zero-order valence-corrected chi connectivity index (χ0v) is 16.7. The number of nitrogens with zero attached hydrogens (tertiary/aromatic N) is 3. The molecule has 5 N–H and O–H groups in total. The molecule has 0 bridgehead atoms. The van der Waals surface area contributed by atoms with Crippen molar-refractivity contribution in [1.82, 2.24) is 20.0 Å². The molecule has 0 atom stereocenters. The maximum absolute atomic E-state index is 11.0. The van der Waals surface area contributed by atoms with Crippen LogP contribution < -0.4 is 5.32 Å². The molecule has 1 saturated heterocycles. The van der Waals surface area contributed by atoms with Crippen molar-refractivity contribution in [3.05, 3.63) is 0 Å². The van der Waals surface area contributed by atoms with Crippen molar-refractivity contribution in [3.8, 4) is 0 Å². The van der Waals surface area contributed by atoms with Crippen LogP contribution in [0.1, 0.15) is 13.8 Å². The third-order valence-corrected chi connectivity index (χ3v) is 3.75. The van der Waals surface area contributed by atoms with E-state index in [2.05, 4.69) is 5.32 Å². The molecule has 0 radical (unpaired) electrons. The van der Waals surface area contributed by atoms with Crippen LogP contribution in [-0.2, 0) is 14.4 Å². The number of rotatable bonds is 6. The second kappa shape index (κ2) is 15.2. The van der Waals surface area contributed by atoms with Crippen molar-refractivity contribution in [2.75, 3.05) is 72.0 Å². The Morgan fingerprint density at radius 2 is 0.964 bits per heavy atom. The largest absolute Gasteiger partial charge is 0.480 e. The lowest BCUT2D eigenvalue weighted by molar-refractivity contribution is -0.140. The molecule has 1 fully saturated rings. The van der Waals surface area contributed by atoms with E-state index in [4.69, 9.17) is 20.4 Å². The molecule has 11 heteroatoms. The number of aliphatic hydroxyl groups is 1. The average Bonchev–Trinajstić information content (AvgIpc) is 2.52. The summed E-state index contributed by atoms with van der Waals surface area (Å²) in [5.74, 6) is -2.79. The number of carbonyl (C=O) groups is 3. The molecule has 0 spiro atoms. The van der Waals surface area contributed by atoms with E-state index >= 15 is 0 Å². The number of hydrogen-bond donors (Lipinski definition) is 5. The second-order valence-corrected chi connectivity index (χ2v) is 6.85. The first-order valence-electron chi connectivity index (χ1n) is 9.31. The van der Waals surface area contributed by atoms with Gasteiger partial charge in [0.2, 0.25) is 0 Å². The highest BCUT2D eigenvalue weighted by atomic mass is 16.4. The highest BCUT2D eigenvalue weighted by Gasteiger charge is 2.17. The van der Waals surface area contributed by atoms with Gasteiger partial charge in [-0.1, -0.05) is 0 Å². The summed E-state index contributed by atoms with van der Waals surface area (Å²) in [7, 11) is 0. The maximum Gasteiger partial charge on any atom is 0.317 e. The summed E-state index contributed by atoms with van der Waals surface area (Å²) in [5.41, 5.74) is 0. The van der Waals surface area contributed by atoms with E-state index in [1.807, 2.05) is 0 Å². The lowest BCUT2D eigenvalue weighted by Crippen LogP contribution is -2.47. The fraction of sp³-hybridized carbons (Fsp3) is 0.824. The fourth-order valence-electron chi connectivity index (χ4n) is 2.55. The zero-order valence-electron chi connectivity index (χ0n) is 16.7. The monoisotopic (exact) mass is 406 g/mol. The van der Waals surface area contributed by atoms with Gasteiger partial charge in [0.25, 0.3) is 0 Å². The van der Waals surface area contributed by atoms with Crippen LogP contribution in [0.25, 0.3) is 0 Å². The first-order chi connectivity index (χ1) is 13.1. The molecule has 0 amide bonds. The lowest BCUT2D eigenvalue weighted by Gasteiger charge is -2.29. The summed E-state index contributed by atoms with van der Waals surface area (Å²) in [6, 6.07) is 0. The number of aliphatic hydroxyl groups excluding tert-OH is 1. The van der Waals surface area contributed by atoms with Gasteiger partial charge in [0.15, 0.2) is 0 Å². The first kappa shape index (κ1) is 26.2. The molecule has 164 valence electrons. The molecule has 0 aliphatic carbocycles. The number of aliphatic carboxylic acids is 3. The third kappa shape index (κ3) is 16.4. The molecule has 1 aliphatic rings. The van der Waals surface area contributed by atoms with E-state index in [-0.39, 0.29) is 25.7 Å². The SMILES string of the molecule is CC(C)O.O=C(O)CN1CCNCCN(CC(=O)O)CCN(CC(=O)O)CC1. The van der Waals surface area contributed by atoms with Crippen LogP contribution in [-0.4, -0.2) is 131 Å². The topological polar surface area (TPSA) is 154 Å². The van der Waals surface area contributed by atoms with Crippen LogP contribution in [0.4, 0.5) is 0 Å². The molecular weight excluding hydrogens is 372 g/mol. The van der Waals surface area contributed by atoms with Crippen molar-refractivity contribution in [2.45, 2.75) is 20.0 Å². The first-order valence-corrected chi connectivity index (χ1v) is 9.31. The Balaban J connectivity index is 0.00000165. The van der Waals surface area contributed by atoms with Crippen LogP contribution in [0.2, 0.25) is 0 Å². The van der Waals surface area contributed by atoms with Gasteiger partial charge in [-0.3, -0.25) is 29.1 Å². The molecule has 0 aromatic heterocycles. The minimum Gasteiger partial charge on any atom is -0.480 e. The summed E-state index contributed by atoms with van der Waals surface area (Å²) < 4.78 is 0. The van der Waals surface area contributed by atoms with Crippen LogP contribution in [0.3, 0.4) is 0 Å². The number of carboxylic acid groups (broad SMARTS) is 3. The van der Waals surface area contributed by atoms with Crippen LogP contribution in [0.15, 0.2) is 0 Å². The number of carboxylic acids is 3. The zero-order chi connectivity index (χ0) is 21.5. The number of nitrogens with one attached hydrogen (secondary N) is 1. The fourth-order valence-corrected chi connectivity index (χ4v) is 2.55. The van der Waals surface area contributed by atoms with E-state index in [9.17, 15) is 14.4 Å². The maximum atomic E-state index is 11.0. The van der Waals surface area contributed by atoms with Crippen molar-refractivity contribution < 1.29 is 34.8 Å². The summed E-state index contributed by atoms with van der Waals surface area (Å²) in [6.07, 6.45) is -0.167. The molecule has 0 unspecified atom stereocenters. The normalized spacial score (nSPS) is 18.4. The third-order valence-electron chi connectivity index (χ3n) is 3.75. The molecule has 0 aromatic rings. The molecule has 1 rings (SSSR count). The number of hydrogen-bond acceptors (Lipinski definition) is 8. The minimum absolute atomic E-state index is 0.0896. The predicted octanol–water partition coefficient (Wildman–Crippen LogP) is -1.86. The van der Waals surface area contributed by atoms with Crippen molar-refractivity contribution in [1.29, 1.82) is 0 Å². The van der Waals surface area contributed by atoms with Gasteiger partial charge in [0, 0.05) is 58.5 Å². The van der Waals surface area contributed by atoms with Gasteiger partial charge in [0.1, 0.15) is 0 Å². The molecular formula is C17H34N4O7.